The Morgan fingerprint density at radius 3 is 2.81 bits per heavy atom. The van der Waals surface area contributed by atoms with Crippen LogP contribution in [0.3, 0.4) is 0 Å². The highest BCUT2D eigenvalue weighted by Crippen LogP contribution is 2.22. The van der Waals surface area contributed by atoms with E-state index in [1.54, 1.807) is 6.92 Å². The molecule has 2 heterocycles. The molecule has 1 aliphatic heterocycles. The Morgan fingerprint density at radius 1 is 1.52 bits per heavy atom. The number of hydrogen-bond acceptors (Lipinski definition) is 5. The molecule has 0 saturated carbocycles. The lowest BCUT2D eigenvalue weighted by Gasteiger charge is -2.34. The molecule has 1 saturated heterocycles. The van der Waals surface area contributed by atoms with E-state index in [1.165, 1.54) is 7.05 Å². The van der Waals surface area contributed by atoms with Crippen molar-refractivity contribution in [1.82, 2.24) is 23.8 Å². The number of aryl methyl sites for hydroxylation is 1. The van der Waals surface area contributed by atoms with Gasteiger partial charge in [-0.2, -0.15) is 22.1 Å². The van der Waals surface area contributed by atoms with Crippen molar-refractivity contribution in [1.29, 1.82) is 0 Å². The highest BCUT2D eigenvalue weighted by molar-refractivity contribution is 7.86. The second kappa shape index (κ2) is 6.08. The molecule has 9 nitrogen and oxygen atoms in total. The number of carboxylic acids is 1. The number of carboxylic acid groups (broad SMARTS) is 1. The summed E-state index contributed by atoms with van der Waals surface area (Å²) in [5, 5.41) is 15.7. The number of nitrogens with one attached hydrogen (secondary N) is 1. The van der Waals surface area contributed by atoms with Gasteiger partial charge in [0.05, 0.1) is 6.54 Å². The van der Waals surface area contributed by atoms with Crippen LogP contribution in [0.4, 0.5) is 0 Å². The molecule has 1 unspecified atom stereocenters. The van der Waals surface area contributed by atoms with Gasteiger partial charge in [-0.1, -0.05) is 0 Å². The molecule has 0 bridgehead atoms. The summed E-state index contributed by atoms with van der Waals surface area (Å²) in [5.74, 6) is -0.167. The third kappa shape index (κ3) is 3.39. The summed E-state index contributed by atoms with van der Waals surface area (Å²) in [6.07, 6.45) is 1.71. The van der Waals surface area contributed by atoms with E-state index in [1.807, 2.05) is 0 Å². The predicted molar refractivity (Wildman–Crippen MR) is 73.5 cm³/mol. The van der Waals surface area contributed by atoms with Crippen molar-refractivity contribution in [2.45, 2.75) is 38.8 Å². The molecular weight excluding hydrogens is 298 g/mol. The van der Waals surface area contributed by atoms with E-state index in [9.17, 15) is 18.3 Å². The van der Waals surface area contributed by atoms with Gasteiger partial charge in [-0.15, -0.1) is 0 Å². The number of aliphatic carboxylic acids is 1. The van der Waals surface area contributed by atoms with Crippen LogP contribution in [0.1, 0.15) is 30.9 Å². The molecule has 1 atom stereocenters. The summed E-state index contributed by atoms with van der Waals surface area (Å²) in [5.41, 5.74) is 0. The van der Waals surface area contributed by atoms with Crippen LogP contribution >= 0.6 is 0 Å². The first-order valence-corrected chi connectivity index (χ1v) is 8.06. The van der Waals surface area contributed by atoms with E-state index >= 15 is 0 Å². The maximum absolute atomic E-state index is 12.5. The zero-order valence-electron chi connectivity index (χ0n) is 12.0. The van der Waals surface area contributed by atoms with Crippen molar-refractivity contribution < 1.29 is 18.3 Å². The zero-order valence-corrected chi connectivity index (χ0v) is 12.8. The molecule has 21 heavy (non-hydrogen) atoms. The monoisotopic (exact) mass is 317 g/mol. The fourth-order valence-corrected chi connectivity index (χ4v) is 3.86. The van der Waals surface area contributed by atoms with Crippen molar-refractivity contribution in [2.75, 3.05) is 13.6 Å². The van der Waals surface area contributed by atoms with Gasteiger partial charge >= 0.3 is 5.97 Å². The second-order valence-corrected chi connectivity index (χ2v) is 7.05. The van der Waals surface area contributed by atoms with Gasteiger partial charge in [-0.25, -0.2) is 4.98 Å². The van der Waals surface area contributed by atoms with Crippen LogP contribution in [0.15, 0.2) is 0 Å². The minimum absolute atomic E-state index is 0.00445. The predicted octanol–water partition coefficient (Wildman–Crippen LogP) is -0.271. The first-order valence-electron chi connectivity index (χ1n) is 6.66. The van der Waals surface area contributed by atoms with Gasteiger partial charge in [0, 0.05) is 13.6 Å². The number of rotatable bonds is 5. The number of hydrogen-bond donors (Lipinski definition) is 2. The van der Waals surface area contributed by atoms with Gasteiger partial charge in [0.15, 0.2) is 5.82 Å². The third-order valence-corrected chi connectivity index (χ3v) is 5.38. The van der Waals surface area contributed by atoms with Crippen LogP contribution in [0, 0.1) is 6.92 Å². The number of aromatic amines is 1. The molecule has 1 aromatic rings. The molecule has 1 aliphatic rings. The van der Waals surface area contributed by atoms with Crippen molar-refractivity contribution in [3.05, 3.63) is 11.6 Å². The van der Waals surface area contributed by atoms with E-state index in [0.717, 1.165) is 8.61 Å². The van der Waals surface area contributed by atoms with Gasteiger partial charge in [-0.05, 0) is 26.2 Å². The normalized spacial score (nSPS) is 20.8. The highest BCUT2D eigenvalue weighted by Gasteiger charge is 2.39. The standard InChI is InChI=1S/C11H19N5O4S/c1-8-12-10(14-13-8)7-15(2)21(19,20)16-6-4-3-5-9(16)11(17)18/h9H,3-7H2,1-2H3,(H,17,18)(H,12,13,14). The Labute approximate surface area is 123 Å². The van der Waals surface area contributed by atoms with Crippen LogP contribution in [-0.4, -0.2) is 62.9 Å². The summed E-state index contributed by atoms with van der Waals surface area (Å²) in [4.78, 5) is 15.3. The average Bonchev–Trinajstić information content (AvgIpc) is 2.84. The van der Waals surface area contributed by atoms with Crippen LogP contribution < -0.4 is 0 Å². The molecule has 2 rings (SSSR count). The van der Waals surface area contributed by atoms with E-state index in [0.29, 0.717) is 30.9 Å². The third-order valence-electron chi connectivity index (χ3n) is 3.44. The number of nitrogens with zero attached hydrogens (tertiary/aromatic N) is 4. The van der Waals surface area contributed by atoms with Crippen molar-refractivity contribution in [2.24, 2.45) is 0 Å². The number of H-pyrrole nitrogens is 1. The molecule has 1 fully saturated rings. The summed E-state index contributed by atoms with van der Waals surface area (Å²) >= 11 is 0. The highest BCUT2D eigenvalue weighted by atomic mass is 32.2. The van der Waals surface area contributed by atoms with Gasteiger partial charge < -0.3 is 5.11 Å². The number of piperidine rings is 1. The second-order valence-electron chi connectivity index (χ2n) is 5.06. The Balaban J connectivity index is 2.17. The van der Waals surface area contributed by atoms with E-state index in [4.69, 9.17) is 0 Å². The lowest BCUT2D eigenvalue weighted by Crippen LogP contribution is -2.52. The van der Waals surface area contributed by atoms with Gasteiger partial charge in [0.2, 0.25) is 0 Å². The van der Waals surface area contributed by atoms with Gasteiger partial charge in [0.25, 0.3) is 10.2 Å². The van der Waals surface area contributed by atoms with E-state index in [2.05, 4.69) is 15.2 Å². The fraction of sp³-hybridized carbons (Fsp3) is 0.727. The molecule has 0 amide bonds. The minimum Gasteiger partial charge on any atom is -0.480 e. The molecular formula is C11H19N5O4S. The van der Waals surface area contributed by atoms with Gasteiger partial charge in [-0.3, -0.25) is 9.89 Å². The fourth-order valence-electron chi connectivity index (χ4n) is 2.35. The Morgan fingerprint density at radius 2 is 2.24 bits per heavy atom. The van der Waals surface area contributed by atoms with Gasteiger partial charge in [0.1, 0.15) is 11.9 Å². The topological polar surface area (TPSA) is 119 Å². The lowest BCUT2D eigenvalue weighted by atomic mass is 10.1. The Kier molecular flexibility index (Phi) is 4.59. The first-order chi connectivity index (χ1) is 9.82. The minimum atomic E-state index is -3.85. The summed E-state index contributed by atoms with van der Waals surface area (Å²) in [6.45, 7) is 1.93. The average molecular weight is 317 g/mol. The maximum atomic E-state index is 12.5. The van der Waals surface area contributed by atoms with Crippen LogP contribution in [0.25, 0.3) is 0 Å². The number of carbonyl (C=O) groups is 1. The molecule has 0 radical (unpaired) electrons. The Bertz CT molecular complexity index is 614. The smallest absolute Gasteiger partial charge is 0.322 e. The first kappa shape index (κ1) is 15.9. The van der Waals surface area contributed by atoms with Crippen LogP contribution in [0.5, 0.6) is 0 Å². The molecule has 2 N–H and O–H groups in total. The van der Waals surface area contributed by atoms with Crippen LogP contribution in [-0.2, 0) is 21.5 Å². The molecule has 118 valence electrons. The molecule has 0 aliphatic carbocycles. The molecule has 0 spiro atoms. The van der Waals surface area contributed by atoms with E-state index < -0.39 is 22.2 Å². The quantitative estimate of drug-likeness (QED) is 0.771. The summed E-state index contributed by atoms with van der Waals surface area (Å²) < 4.78 is 27.2. The molecule has 10 heteroatoms. The SMILES string of the molecule is Cc1nc(CN(C)S(=O)(=O)N2CCCCC2C(=O)O)n[nH]1. The van der Waals surface area contributed by atoms with Crippen molar-refractivity contribution >= 4 is 16.2 Å². The summed E-state index contributed by atoms with van der Waals surface area (Å²) in [6, 6.07) is -1.000. The maximum Gasteiger partial charge on any atom is 0.322 e. The largest absolute Gasteiger partial charge is 0.480 e. The number of aromatic nitrogens is 3. The van der Waals surface area contributed by atoms with Crippen molar-refractivity contribution in [3.8, 4) is 0 Å². The molecule has 1 aromatic heterocycles. The Hall–Kier alpha value is -1.52. The molecule has 0 aromatic carbocycles. The summed E-state index contributed by atoms with van der Waals surface area (Å²) in [7, 11) is -2.46. The zero-order chi connectivity index (χ0) is 15.6. The lowest BCUT2D eigenvalue weighted by molar-refractivity contribution is -0.142. The van der Waals surface area contributed by atoms with Crippen LogP contribution in [0.2, 0.25) is 0 Å². The van der Waals surface area contributed by atoms with E-state index in [-0.39, 0.29) is 13.1 Å². The van der Waals surface area contributed by atoms with Crippen molar-refractivity contribution in [3.63, 3.8) is 0 Å².